The van der Waals surface area contributed by atoms with Crippen LogP contribution in [0.15, 0.2) is 12.7 Å². The number of hydrogen-bond acceptors (Lipinski definition) is 2. The van der Waals surface area contributed by atoms with Crippen molar-refractivity contribution in [3.05, 3.63) is 12.7 Å². The van der Waals surface area contributed by atoms with Crippen molar-refractivity contribution in [3.8, 4) is 0 Å². The third kappa shape index (κ3) is 1.20. The van der Waals surface area contributed by atoms with Crippen LogP contribution in [0, 0.1) is 5.92 Å². The molecule has 12 heavy (non-hydrogen) atoms. The quantitative estimate of drug-likeness (QED) is 0.643. The molecule has 2 atom stereocenters. The Morgan fingerprint density at radius 3 is 2.75 bits per heavy atom. The monoisotopic (exact) mass is 167 g/mol. The number of ketones is 1. The van der Waals surface area contributed by atoms with Crippen molar-refractivity contribution in [1.29, 1.82) is 0 Å². The van der Waals surface area contributed by atoms with Gasteiger partial charge in [-0.15, -0.1) is 6.58 Å². The van der Waals surface area contributed by atoms with Gasteiger partial charge in [0.15, 0.2) is 0 Å². The Bertz CT molecular complexity index is 196. The number of Topliss-reactive ketones (excluding diaryl/α,β-unsaturated/α-hetero) is 1. The van der Waals surface area contributed by atoms with Crippen LogP contribution in [0.25, 0.3) is 0 Å². The minimum Gasteiger partial charge on any atom is -0.308 e. The molecular formula is C10H17NO. The highest BCUT2D eigenvalue weighted by Crippen LogP contribution is 2.41. The lowest BCUT2D eigenvalue weighted by Gasteiger charge is -2.47. The van der Waals surface area contributed by atoms with E-state index in [9.17, 15) is 4.79 Å². The Labute approximate surface area is 74.0 Å². The zero-order valence-corrected chi connectivity index (χ0v) is 7.89. The molecule has 2 heteroatoms. The van der Waals surface area contributed by atoms with Crippen molar-refractivity contribution in [2.24, 2.45) is 5.92 Å². The lowest BCUT2D eigenvalue weighted by molar-refractivity contribution is -0.130. The summed E-state index contributed by atoms with van der Waals surface area (Å²) < 4.78 is 0. The summed E-state index contributed by atoms with van der Waals surface area (Å²) in [6, 6.07) is 0. The summed E-state index contributed by atoms with van der Waals surface area (Å²) in [5, 5.41) is 3.15. The van der Waals surface area contributed by atoms with Crippen molar-refractivity contribution in [1.82, 2.24) is 5.32 Å². The molecule has 0 heterocycles. The molecule has 1 fully saturated rings. The van der Waals surface area contributed by atoms with Gasteiger partial charge in [-0.1, -0.05) is 6.08 Å². The molecule has 0 aromatic carbocycles. The molecule has 0 aliphatic heterocycles. The van der Waals surface area contributed by atoms with E-state index >= 15 is 0 Å². The van der Waals surface area contributed by atoms with Crippen LogP contribution in [0.1, 0.15) is 26.2 Å². The van der Waals surface area contributed by atoms with Gasteiger partial charge in [0.05, 0.1) is 5.54 Å². The van der Waals surface area contributed by atoms with E-state index in [2.05, 4.69) is 11.9 Å². The molecule has 1 saturated carbocycles. The normalized spacial score (nSPS) is 34.0. The van der Waals surface area contributed by atoms with Crippen molar-refractivity contribution in [2.75, 3.05) is 7.05 Å². The van der Waals surface area contributed by atoms with Gasteiger partial charge in [0.2, 0.25) is 0 Å². The largest absolute Gasteiger partial charge is 0.308 e. The smallest absolute Gasteiger partial charge is 0.150 e. The maximum Gasteiger partial charge on any atom is 0.150 e. The van der Waals surface area contributed by atoms with Gasteiger partial charge in [-0.2, -0.15) is 0 Å². The van der Waals surface area contributed by atoms with E-state index in [0.29, 0.717) is 5.92 Å². The first kappa shape index (κ1) is 9.46. The summed E-state index contributed by atoms with van der Waals surface area (Å²) in [7, 11) is 1.87. The highest BCUT2D eigenvalue weighted by Gasteiger charge is 2.48. The van der Waals surface area contributed by atoms with Gasteiger partial charge < -0.3 is 5.32 Å². The van der Waals surface area contributed by atoms with Crippen LogP contribution < -0.4 is 5.32 Å². The molecule has 0 radical (unpaired) electrons. The fraction of sp³-hybridized carbons (Fsp3) is 0.700. The molecule has 1 aliphatic rings. The Balaban J connectivity index is 2.68. The second-order valence-corrected chi connectivity index (χ2v) is 3.54. The Kier molecular flexibility index (Phi) is 2.68. The minimum atomic E-state index is -0.228. The molecule has 0 aromatic heterocycles. The van der Waals surface area contributed by atoms with Crippen molar-refractivity contribution >= 4 is 5.78 Å². The summed E-state index contributed by atoms with van der Waals surface area (Å²) in [6.45, 7) is 5.37. The predicted octanol–water partition coefficient (Wildman–Crippen LogP) is 1.52. The molecular weight excluding hydrogens is 150 g/mol. The topological polar surface area (TPSA) is 29.1 Å². The van der Waals surface area contributed by atoms with E-state index in [1.54, 1.807) is 6.92 Å². The average molecular weight is 167 g/mol. The van der Waals surface area contributed by atoms with Crippen molar-refractivity contribution < 1.29 is 4.79 Å². The first-order valence-electron chi connectivity index (χ1n) is 4.48. The first-order valence-corrected chi connectivity index (χ1v) is 4.48. The Hall–Kier alpha value is -0.630. The number of nitrogens with one attached hydrogen (secondary N) is 1. The van der Waals surface area contributed by atoms with E-state index in [4.69, 9.17) is 0 Å². The minimum absolute atomic E-state index is 0.228. The summed E-state index contributed by atoms with van der Waals surface area (Å²) in [5.41, 5.74) is -0.228. The van der Waals surface area contributed by atoms with Crippen LogP contribution in [-0.2, 0) is 4.79 Å². The maximum atomic E-state index is 11.4. The van der Waals surface area contributed by atoms with Crippen molar-refractivity contribution in [3.63, 3.8) is 0 Å². The summed E-state index contributed by atoms with van der Waals surface area (Å²) >= 11 is 0. The molecule has 2 nitrogen and oxygen atoms in total. The van der Waals surface area contributed by atoms with Gasteiger partial charge in [-0.3, -0.25) is 4.79 Å². The van der Waals surface area contributed by atoms with Crippen molar-refractivity contribution in [2.45, 2.75) is 31.7 Å². The number of carbonyl (C=O) groups is 1. The van der Waals surface area contributed by atoms with Crippen LogP contribution in [0.3, 0.4) is 0 Å². The number of hydrogen-bond donors (Lipinski definition) is 1. The average Bonchev–Trinajstić information content (AvgIpc) is 1.99. The van der Waals surface area contributed by atoms with Gasteiger partial charge >= 0.3 is 0 Å². The van der Waals surface area contributed by atoms with E-state index < -0.39 is 0 Å². The molecule has 0 bridgehead atoms. The highest BCUT2D eigenvalue weighted by molar-refractivity contribution is 5.87. The number of allylic oxidation sites excluding steroid dienone is 1. The van der Waals surface area contributed by atoms with Crippen LogP contribution in [0.4, 0.5) is 0 Å². The van der Waals surface area contributed by atoms with E-state index in [-0.39, 0.29) is 11.3 Å². The third-order valence-corrected chi connectivity index (χ3v) is 3.11. The molecule has 1 rings (SSSR count). The highest BCUT2D eigenvalue weighted by atomic mass is 16.1. The lowest BCUT2D eigenvalue weighted by atomic mass is 9.63. The fourth-order valence-corrected chi connectivity index (χ4v) is 2.13. The van der Waals surface area contributed by atoms with Gasteiger partial charge in [0, 0.05) is 0 Å². The molecule has 0 saturated heterocycles. The lowest BCUT2D eigenvalue weighted by Crippen LogP contribution is -2.61. The second-order valence-electron chi connectivity index (χ2n) is 3.54. The van der Waals surface area contributed by atoms with Crippen LogP contribution >= 0.6 is 0 Å². The van der Waals surface area contributed by atoms with Crippen LogP contribution in [-0.4, -0.2) is 18.4 Å². The summed E-state index contributed by atoms with van der Waals surface area (Å²) in [6.07, 6.45) is 4.98. The van der Waals surface area contributed by atoms with Gasteiger partial charge in [-0.05, 0) is 39.2 Å². The van der Waals surface area contributed by atoms with Gasteiger partial charge in [-0.25, -0.2) is 0 Å². The standard InChI is InChI=1S/C10H17NO/c1-4-5-9-6-7-10(9,11-3)8(2)12/h4,9,11H,1,5-7H2,2-3H3. The molecule has 1 N–H and O–H groups in total. The van der Waals surface area contributed by atoms with Gasteiger partial charge in [0.1, 0.15) is 5.78 Å². The van der Waals surface area contributed by atoms with E-state index in [1.807, 2.05) is 13.1 Å². The fourth-order valence-electron chi connectivity index (χ4n) is 2.13. The predicted molar refractivity (Wildman–Crippen MR) is 50.0 cm³/mol. The van der Waals surface area contributed by atoms with Gasteiger partial charge in [0.25, 0.3) is 0 Å². The number of carbonyl (C=O) groups excluding carboxylic acids is 1. The molecule has 0 spiro atoms. The second kappa shape index (κ2) is 3.40. The van der Waals surface area contributed by atoms with E-state index in [0.717, 1.165) is 19.3 Å². The SMILES string of the molecule is C=CCC1CCC1(NC)C(C)=O. The maximum absolute atomic E-state index is 11.4. The molecule has 0 aromatic rings. The summed E-state index contributed by atoms with van der Waals surface area (Å²) in [4.78, 5) is 11.4. The Morgan fingerprint density at radius 1 is 1.83 bits per heavy atom. The van der Waals surface area contributed by atoms with E-state index in [1.165, 1.54) is 0 Å². The molecule has 0 amide bonds. The molecule has 2 unspecified atom stereocenters. The molecule has 68 valence electrons. The summed E-state index contributed by atoms with van der Waals surface area (Å²) in [5.74, 6) is 0.737. The zero-order chi connectivity index (χ0) is 9.19. The van der Waals surface area contributed by atoms with Crippen LogP contribution in [0.5, 0.6) is 0 Å². The number of likely N-dealkylation sites (N-methyl/N-ethyl adjacent to an activating group) is 1. The Morgan fingerprint density at radius 2 is 2.50 bits per heavy atom. The molecule has 1 aliphatic carbocycles. The zero-order valence-electron chi connectivity index (χ0n) is 7.89. The number of rotatable bonds is 4. The third-order valence-electron chi connectivity index (χ3n) is 3.11. The first-order chi connectivity index (χ1) is 5.67. The van der Waals surface area contributed by atoms with Crippen LogP contribution in [0.2, 0.25) is 0 Å².